The molecule has 0 aliphatic carbocycles. The Bertz CT molecular complexity index is 393. The summed E-state index contributed by atoms with van der Waals surface area (Å²) in [5, 5.41) is 18.3. The first-order valence-corrected chi connectivity index (χ1v) is 4.80. The minimum absolute atomic E-state index is 0.0822. The smallest absolute Gasteiger partial charge is 0.124 e. The quantitative estimate of drug-likeness (QED) is 0.823. The lowest BCUT2D eigenvalue weighted by atomic mass is 10.00. The van der Waals surface area contributed by atoms with Gasteiger partial charge in [0.2, 0.25) is 0 Å². The molecule has 80 valence electrons. The Morgan fingerprint density at radius 3 is 2.53 bits per heavy atom. The maximum absolute atomic E-state index is 9.75. The molecule has 0 fully saturated rings. The molecule has 0 aliphatic rings. The molecule has 1 aromatic carbocycles. The average Bonchev–Trinajstić information content (AvgIpc) is 2.21. The number of aliphatic hydroxyl groups excluding tert-OH is 1. The van der Waals surface area contributed by atoms with Crippen LogP contribution in [0, 0.1) is 25.2 Å². The van der Waals surface area contributed by atoms with Gasteiger partial charge in [-0.2, -0.15) is 5.26 Å². The van der Waals surface area contributed by atoms with Crippen LogP contribution in [0.1, 0.15) is 29.2 Å². The highest BCUT2D eigenvalue weighted by molar-refractivity contribution is 5.43. The van der Waals surface area contributed by atoms with Crippen LogP contribution in [-0.2, 0) is 0 Å². The average molecular weight is 205 g/mol. The number of ether oxygens (including phenoxy) is 1. The first-order valence-electron chi connectivity index (χ1n) is 4.80. The standard InChI is InChI=1S/C12H15NO2/c1-8-6-10(11(14)4-5-13)12(15-3)7-9(8)2/h6-7,11,14H,4H2,1-3H3. The third-order valence-electron chi connectivity index (χ3n) is 2.49. The summed E-state index contributed by atoms with van der Waals surface area (Å²) in [5.41, 5.74) is 2.88. The minimum atomic E-state index is -0.774. The molecule has 3 nitrogen and oxygen atoms in total. The summed E-state index contributed by atoms with van der Waals surface area (Å²) in [5.74, 6) is 0.640. The van der Waals surface area contributed by atoms with Gasteiger partial charge in [-0.3, -0.25) is 0 Å². The van der Waals surface area contributed by atoms with E-state index in [9.17, 15) is 5.11 Å². The fraction of sp³-hybridized carbons (Fsp3) is 0.417. The highest BCUT2D eigenvalue weighted by atomic mass is 16.5. The third kappa shape index (κ3) is 2.48. The summed E-state index contributed by atoms with van der Waals surface area (Å²) in [7, 11) is 1.56. The number of nitriles is 1. The van der Waals surface area contributed by atoms with Crippen molar-refractivity contribution >= 4 is 0 Å². The van der Waals surface area contributed by atoms with Gasteiger partial charge in [0, 0.05) is 5.56 Å². The maximum atomic E-state index is 9.75. The van der Waals surface area contributed by atoms with Crippen LogP contribution in [0.4, 0.5) is 0 Å². The molecule has 1 rings (SSSR count). The zero-order chi connectivity index (χ0) is 11.4. The number of hydrogen-bond donors (Lipinski definition) is 1. The molecule has 0 saturated heterocycles. The van der Waals surface area contributed by atoms with Crippen molar-refractivity contribution in [2.45, 2.75) is 26.4 Å². The van der Waals surface area contributed by atoms with Gasteiger partial charge in [-0.15, -0.1) is 0 Å². The molecule has 0 aliphatic heterocycles. The number of rotatable bonds is 3. The predicted molar refractivity (Wildman–Crippen MR) is 57.7 cm³/mol. The fourth-order valence-electron chi connectivity index (χ4n) is 1.45. The van der Waals surface area contributed by atoms with Gasteiger partial charge >= 0.3 is 0 Å². The number of aryl methyl sites for hydroxylation is 2. The summed E-state index contributed by atoms with van der Waals surface area (Å²) >= 11 is 0. The molecular formula is C12H15NO2. The van der Waals surface area contributed by atoms with Gasteiger partial charge < -0.3 is 9.84 Å². The molecule has 0 radical (unpaired) electrons. The van der Waals surface area contributed by atoms with Gasteiger partial charge in [0.05, 0.1) is 25.7 Å². The van der Waals surface area contributed by atoms with E-state index in [4.69, 9.17) is 10.00 Å². The van der Waals surface area contributed by atoms with Crippen molar-refractivity contribution in [2.24, 2.45) is 0 Å². The van der Waals surface area contributed by atoms with Crippen molar-refractivity contribution in [1.82, 2.24) is 0 Å². The van der Waals surface area contributed by atoms with Crippen molar-refractivity contribution in [1.29, 1.82) is 5.26 Å². The van der Waals surface area contributed by atoms with E-state index in [0.717, 1.165) is 11.1 Å². The normalized spacial score (nSPS) is 11.9. The van der Waals surface area contributed by atoms with Crippen LogP contribution in [-0.4, -0.2) is 12.2 Å². The minimum Gasteiger partial charge on any atom is -0.496 e. The zero-order valence-electron chi connectivity index (χ0n) is 9.24. The van der Waals surface area contributed by atoms with Gasteiger partial charge in [-0.25, -0.2) is 0 Å². The van der Waals surface area contributed by atoms with Crippen molar-refractivity contribution < 1.29 is 9.84 Å². The first kappa shape index (κ1) is 11.5. The van der Waals surface area contributed by atoms with Gasteiger partial charge in [0.25, 0.3) is 0 Å². The van der Waals surface area contributed by atoms with E-state index in [-0.39, 0.29) is 6.42 Å². The summed E-state index contributed by atoms with van der Waals surface area (Å²) in [6.45, 7) is 3.95. The zero-order valence-corrected chi connectivity index (χ0v) is 9.24. The van der Waals surface area contributed by atoms with Crippen molar-refractivity contribution in [3.8, 4) is 11.8 Å². The van der Waals surface area contributed by atoms with E-state index >= 15 is 0 Å². The number of hydrogen-bond acceptors (Lipinski definition) is 3. The van der Waals surface area contributed by atoms with Crippen LogP contribution in [0.2, 0.25) is 0 Å². The van der Waals surface area contributed by atoms with E-state index in [1.807, 2.05) is 32.0 Å². The Morgan fingerprint density at radius 2 is 2.00 bits per heavy atom. The lowest BCUT2D eigenvalue weighted by molar-refractivity contribution is 0.179. The van der Waals surface area contributed by atoms with Crippen LogP contribution < -0.4 is 4.74 Å². The number of nitrogens with zero attached hydrogens (tertiary/aromatic N) is 1. The number of benzene rings is 1. The first-order chi connectivity index (χ1) is 7.10. The molecule has 0 saturated carbocycles. The third-order valence-corrected chi connectivity index (χ3v) is 2.49. The summed E-state index contributed by atoms with van der Waals surface area (Å²) in [6.07, 6.45) is -0.692. The Labute approximate surface area is 89.9 Å². The van der Waals surface area contributed by atoms with Gasteiger partial charge in [-0.1, -0.05) is 0 Å². The van der Waals surface area contributed by atoms with Crippen LogP contribution in [0.15, 0.2) is 12.1 Å². The molecule has 1 unspecified atom stereocenters. The van der Waals surface area contributed by atoms with Gasteiger partial charge in [0.15, 0.2) is 0 Å². The van der Waals surface area contributed by atoms with Crippen LogP contribution in [0.25, 0.3) is 0 Å². The van der Waals surface area contributed by atoms with Gasteiger partial charge in [-0.05, 0) is 37.1 Å². The van der Waals surface area contributed by atoms with E-state index < -0.39 is 6.10 Å². The number of methoxy groups -OCH3 is 1. The molecule has 1 aromatic rings. The predicted octanol–water partition coefficient (Wildman–Crippen LogP) is 2.26. The SMILES string of the molecule is COc1cc(C)c(C)cc1C(O)CC#N. The monoisotopic (exact) mass is 205 g/mol. The Kier molecular flexibility index (Phi) is 3.70. The number of aliphatic hydroxyl groups is 1. The molecule has 0 aromatic heterocycles. The molecule has 3 heteroatoms. The molecule has 1 atom stereocenters. The molecule has 15 heavy (non-hydrogen) atoms. The largest absolute Gasteiger partial charge is 0.496 e. The molecule has 0 spiro atoms. The van der Waals surface area contributed by atoms with E-state index in [0.29, 0.717) is 11.3 Å². The topological polar surface area (TPSA) is 53.2 Å². The fourth-order valence-corrected chi connectivity index (χ4v) is 1.45. The molecule has 0 amide bonds. The van der Waals surface area contributed by atoms with E-state index in [1.165, 1.54) is 0 Å². The molecule has 1 N–H and O–H groups in total. The van der Waals surface area contributed by atoms with Crippen LogP contribution >= 0.6 is 0 Å². The second kappa shape index (κ2) is 4.81. The second-order valence-corrected chi connectivity index (χ2v) is 3.56. The summed E-state index contributed by atoms with van der Waals surface area (Å²) in [6, 6.07) is 5.70. The van der Waals surface area contributed by atoms with E-state index in [1.54, 1.807) is 7.11 Å². The maximum Gasteiger partial charge on any atom is 0.124 e. The Balaban J connectivity index is 3.16. The highest BCUT2D eigenvalue weighted by Crippen LogP contribution is 2.29. The molecular weight excluding hydrogens is 190 g/mol. The van der Waals surface area contributed by atoms with Crippen LogP contribution in [0.5, 0.6) is 5.75 Å². The highest BCUT2D eigenvalue weighted by Gasteiger charge is 2.14. The summed E-state index contributed by atoms with van der Waals surface area (Å²) in [4.78, 5) is 0. The summed E-state index contributed by atoms with van der Waals surface area (Å²) < 4.78 is 5.18. The Hall–Kier alpha value is -1.53. The second-order valence-electron chi connectivity index (χ2n) is 3.56. The van der Waals surface area contributed by atoms with Crippen molar-refractivity contribution in [3.63, 3.8) is 0 Å². The van der Waals surface area contributed by atoms with E-state index in [2.05, 4.69) is 0 Å². The lowest BCUT2D eigenvalue weighted by Crippen LogP contribution is -2.01. The Morgan fingerprint density at radius 1 is 1.40 bits per heavy atom. The molecule has 0 bridgehead atoms. The van der Waals surface area contributed by atoms with Gasteiger partial charge in [0.1, 0.15) is 5.75 Å². The van der Waals surface area contributed by atoms with Crippen molar-refractivity contribution in [3.05, 3.63) is 28.8 Å². The van der Waals surface area contributed by atoms with Crippen molar-refractivity contribution in [2.75, 3.05) is 7.11 Å². The molecule has 0 heterocycles. The van der Waals surface area contributed by atoms with Crippen LogP contribution in [0.3, 0.4) is 0 Å². The lowest BCUT2D eigenvalue weighted by Gasteiger charge is -2.14.